The minimum atomic E-state index is -0.946. The number of hydrogen-bond acceptors (Lipinski definition) is 2. The van der Waals surface area contributed by atoms with Gasteiger partial charge < -0.3 is 9.47 Å². The minimum absolute atomic E-state index is 0.0579. The molecule has 1 fully saturated rings. The summed E-state index contributed by atoms with van der Waals surface area (Å²) in [6, 6.07) is 10.2. The summed E-state index contributed by atoms with van der Waals surface area (Å²) in [7, 11) is 0. The average Bonchev–Trinajstić information content (AvgIpc) is 3.17. The van der Waals surface area contributed by atoms with E-state index < -0.39 is 11.6 Å². The highest BCUT2D eigenvalue weighted by atomic mass is 19.2. The lowest BCUT2D eigenvalue weighted by molar-refractivity contribution is 0.247. The molecule has 0 radical (unpaired) electrons. The molecule has 0 N–H and O–H groups in total. The predicted molar refractivity (Wildman–Crippen MR) is 109 cm³/mol. The van der Waals surface area contributed by atoms with Gasteiger partial charge >= 0.3 is 0 Å². The van der Waals surface area contributed by atoms with E-state index >= 15 is 0 Å². The van der Waals surface area contributed by atoms with Crippen LogP contribution in [0.5, 0.6) is 11.5 Å². The molecule has 2 atom stereocenters. The standard InChI is InChI=1S/C24H30F2O2/c1-3-5-6-17-7-8-18(15-17)16-28-20-11-9-19(10-12-20)21-13-14-22(27-4-2)24(26)23(21)25/h9-14,17-18H,3-8,15-16H2,1-2H3. The highest BCUT2D eigenvalue weighted by Gasteiger charge is 2.24. The summed E-state index contributed by atoms with van der Waals surface area (Å²) in [6.45, 7) is 5.00. The number of rotatable bonds is 9. The minimum Gasteiger partial charge on any atom is -0.493 e. The van der Waals surface area contributed by atoms with Crippen molar-refractivity contribution in [2.24, 2.45) is 11.8 Å². The molecule has 152 valence electrons. The average molecular weight is 388 g/mol. The van der Waals surface area contributed by atoms with Crippen LogP contribution in [0.25, 0.3) is 11.1 Å². The third-order valence-corrected chi connectivity index (χ3v) is 5.61. The number of halogens is 2. The molecule has 1 aliphatic rings. The zero-order chi connectivity index (χ0) is 19.9. The van der Waals surface area contributed by atoms with E-state index in [0.717, 1.165) is 18.3 Å². The fraction of sp³-hybridized carbons (Fsp3) is 0.500. The van der Waals surface area contributed by atoms with Crippen LogP contribution >= 0.6 is 0 Å². The molecule has 4 heteroatoms. The van der Waals surface area contributed by atoms with Crippen molar-refractivity contribution in [3.05, 3.63) is 48.0 Å². The Morgan fingerprint density at radius 3 is 2.36 bits per heavy atom. The van der Waals surface area contributed by atoms with E-state index in [4.69, 9.17) is 9.47 Å². The van der Waals surface area contributed by atoms with Crippen LogP contribution in [0, 0.1) is 23.5 Å². The summed E-state index contributed by atoms with van der Waals surface area (Å²) in [6.07, 6.45) is 7.74. The third kappa shape index (κ3) is 5.03. The van der Waals surface area contributed by atoms with Gasteiger partial charge in [0.25, 0.3) is 0 Å². The molecule has 0 heterocycles. The first-order valence-electron chi connectivity index (χ1n) is 10.5. The number of benzene rings is 2. The summed E-state index contributed by atoms with van der Waals surface area (Å²) < 4.78 is 39.5. The van der Waals surface area contributed by atoms with Crippen molar-refractivity contribution in [3.8, 4) is 22.6 Å². The van der Waals surface area contributed by atoms with Crippen LogP contribution in [-0.2, 0) is 0 Å². The lowest BCUT2D eigenvalue weighted by atomic mass is 9.99. The van der Waals surface area contributed by atoms with Gasteiger partial charge in [0.1, 0.15) is 5.75 Å². The van der Waals surface area contributed by atoms with Gasteiger partial charge in [-0.2, -0.15) is 4.39 Å². The van der Waals surface area contributed by atoms with Gasteiger partial charge in [-0.15, -0.1) is 0 Å². The van der Waals surface area contributed by atoms with Crippen LogP contribution in [0.15, 0.2) is 36.4 Å². The van der Waals surface area contributed by atoms with E-state index in [0.29, 0.717) is 18.1 Å². The third-order valence-electron chi connectivity index (χ3n) is 5.61. The van der Waals surface area contributed by atoms with Crippen LogP contribution in [0.4, 0.5) is 8.78 Å². The first-order chi connectivity index (χ1) is 13.6. The van der Waals surface area contributed by atoms with E-state index in [-0.39, 0.29) is 11.3 Å². The van der Waals surface area contributed by atoms with Gasteiger partial charge in [-0.05, 0) is 61.4 Å². The molecule has 1 aliphatic carbocycles. The quantitative estimate of drug-likeness (QED) is 0.460. The summed E-state index contributed by atoms with van der Waals surface area (Å²) in [5.41, 5.74) is 0.842. The smallest absolute Gasteiger partial charge is 0.201 e. The highest BCUT2D eigenvalue weighted by Crippen LogP contribution is 2.35. The van der Waals surface area contributed by atoms with Gasteiger partial charge in [-0.1, -0.05) is 44.7 Å². The van der Waals surface area contributed by atoms with E-state index in [1.54, 1.807) is 25.1 Å². The Morgan fingerprint density at radius 1 is 0.893 bits per heavy atom. The molecule has 2 nitrogen and oxygen atoms in total. The molecule has 0 spiro atoms. The fourth-order valence-electron chi connectivity index (χ4n) is 4.05. The van der Waals surface area contributed by atoms with Crippen molar-refractivity contribution in [3.63, 3.8) is 0 Å². The van der Waals surface area contributed by atoms with Crippen LogP contribution in [0.1, 0.15) is 52.4 Å². The number of ether oxygens (including phenoxy) is 2. The van der Waals surface area contributed by atoms with Crippen molar-refractivity contribution in [1.29, 1.82) is 0 Å². The van der Waals surface area contributed by atoms with Crippen LogP contribution < -0.4 is 9.47 Å². The maximum atomic E-state index is 14.4. The van der Waals surface area contributed by atoms with Crippen LogP contribution in [0.2, 0.25) is 0 Å². The van der Waals surface area contributed by atoms with E-state index in [1.165, 1.54) is 44.6 Å². The first-order valence-corrected chi connectivity index (χ1v) is 10.5. The van der Waals surface area contributed by atoms with Crippen molar-refractivity contribution < 1.29 is 18.3 Å². The Balaban J connectivity index is 1.58. The monoisotopic (exact) mass is 388 g/mol. The Labute approximate surface area is 166 Å². The molecule has 2 aromatic rings. The Morgan fingerprint density at radius 2 is 1.64 bits per heavy atom. The van der Waals surface area contributed by atoms with Gasteiger partial charge in [0.2, 0.25) is 5.82 Å². The summed E-state index contributed by atoms with van der Waals surface area (Å²) in [5.74, 6) is 0.361. The van der Waals surface area contributed by atoms with E-state index in [1.807, 2.05) is 12.1 Å². The van der Waals surface area contributed by atoms with Gasteiger partial charge in [-0.25, -0.2) is 4.39 Å². The number of hydrogen-bond donors (Lipinski definition) is 0. The second kappa shape index (κ2) is 9.90. The molecule has 2 unspecified atom stereocenters. The van der Waals surface area contributed by atoms with Gasteiger partial charge in [0, 0.05) is 5.56 Å². The second-order valence-corrected chi connectivity index (χ2v) is 7.69. The van der Waals surface area contributed by atoms with E-state index in [9.17, 15) is 8.78 Å². The van der Waals surface area contributed by atoms with Crippen LogP contribution in [0.3, 0.4) is 0 Å². The summed E-state index contributed by atoms with van der Waals surface area (Å²) in [5, 5.41) is 0. The van der Waals surface area contributed by atoms with Gasteiger partial charge in [-0.3, -0.25) is 0 Å². The van der Waals surface area contributed by atoms with Crippen molar-refractivity contribution in [2.45, 2.75) is 52.4 Å². The molecule has 0 amide bonds. The molecule has 0 bridgehead atoms. The summed E-state index contributed by atoms with van der Waals surface area (Å²) >= 11 is 0. The maximum absolute atomic E-state index is 14.4. The summed E-state index contributed by atoms with van der Waals surface area (Å²) in [4.78, 5) is 0. The van der Waals surface area contributed by atoms with E-state index in [2.05, 4.69) is 6.92 Å². The second-order valence-electron chi connectivity index (χ2n) is 7.69. The molecular formula is C24H30F2O2. The Bertz CT molecular complexity index is 758. The largest absolute Gasteiger partial charge is 0.493 e. The topological polar surface area (TPSA) is 18.5 Å². The predicted octanol–water partition coefficient (Wildman–Crippen LogP) is 7.02. The fourth-order valence-corrected chi connectivity index (χ4v) is 4.05. The Kier molecular flexibility index (Phi) is 7.30. The zero-order valence-electron chi connectivity index (χ0n) is 16.8. The van der Waals surface area contributed by atoms with Gasteiger partial charge in [0.05, 0.1) is 13.2 Å². The SMILES string of the molecule is CCCCC1CCC(COc2ccc(-c3ccc(OCC)c(F)c3F)cc2)C1. The maximum Gasteiger partial charge on any atom is 0.201 e. The number of unbranched alkanes of at least 4 members (excludes halogenated alkanes) is 1. The van der Waals surface area contributed by atoms with Gasteiger partial charge in [0.15, 0.2) is 11.6 Å². The molecule has 28 heavy (non-hydrogen) atoms. The molecule has 0 saturated heterocycles. The van der Waals surface area contributed by atoms with Crippen molar-refractivity contribution in [1.82, 2.24) is 0 Å². The molecule has 1 saturated carbocycles. The molecule has 0 aromatic heterocycles. The van der Waals surface area contributed by atoms with Crippen molar-refractivity contribution in [2.75, 3.05) is 13.2 Å². The van der Waals surface area contributed by atoms with Crippen molar-refractivity contribution >= 4 is 0 Å². The first kappa shape index (κ1) is 20.6. The molecular weight excluding hydrogens is 358 g/mol. The van der Waals surface area contributed by atoms with Crippen LogP contribution in [-0.4, -0.2) is 13.2 Å². The molecule has 0 aliphatic heterocycles. The normalized spacial score (nSPS) is 19.0. The zero-order valence-corrected chi connectivity index (χ0v) is 16.8. The lowest BCUT2D eigenvalue weighted by Gasteiger charge is -2.13. The Hall–Kier alpha value is -2.10. The molecule has 3 rings (SSSR count). The molecule has 2 aromatic carbocycles. The lowest BCUT2D eigenvalue weighted by Crippen LogP contribution is -2.09. The highest BCUT2D eigenvalue weighted by molar-refractivity contribution is 5.66.